The molecule has 0 unspecified atom stereocenters. The quantitative estimate of drug-likeness (QED) is 0.777. The van der Waals surface area contributed by atoms with Gasteiger partial charge in [0.1, 0.15) is 0 Å². The molecule has 1 fully saturated rings. The standard InChI is InChI=1S/C16H29NO2/c1-13-5-4-6-14(2)15(13)11-17-12-16(18-3)7-9-19-10-8-16/h5,14-15,17H,4,6-12H2,1-3H3/t14-,15+/m0/s1. The lowest BCUT2D eigenvalue weighted by molar-refractivity contribution is -0.0878. The summed E-state index contributed by atoms with van der Waals surface area (Å²) in [7, 11) is 1.83. The fourth-order valence-corrected chi connectivity index (χ4v) is 3.39. The van der Waals surface area contributed by atoms with E-state index < -0.39 is 0 Å². The second-order valence-corrected chi connectivity index (χ2v) is 6.24. The van der Waals surface area contributed by atoms with Gasteiger partial charge in [-0.3, -0.25) is 0 Å². The molecule has 1 N–H and O–H groups in total. The van der Waals surface area contributed by atoms with E-state index in [0.717, 1.165) is 45.1 Å². The average Bonchev–Trinajstić information content (AvgIpc) is 2.43. The van der Waals surface area contributed by atoms with Crippen LogP contribution in [0.15, 0.2) is 11.6 Å². The van der Waals surface area contributed by atoms with Crippen LogP contribution in [0.3, 0.4) is 0 Å². The van der Waals surface area contributed by atoms with E-state index in [1.807, 2.05) is 7.11 Å². The van der Waals surface area contributed by atoms with Gasteiger partial charge >= 0.3 is 0 Å². The van der Waals surface area contributed by atoms with E-state index in [4.69, 9.17) is 9.47 Å². The topological polar surface area (TPSA) is 30.5 Å². The molecular formula is C16H29NO2. The van der Waals surface area contributed by atoms with Gasteiger partial charge in [-0.25, -0.2) is 0 Å². The van der Waals surface area contributed by atoms with Crippen LogP contribution in [0.2, 0.25) is 0 Å². The van der Waals surface area contributed by atoms with E-state index in [-0.39, 0.29) is 5.60 Å². The molecular weight excluding hydrogens is 238 g/mol. The van der Waals surface area contributed by atoms with Gasteiger partial charge in [0, 0.05) is 46.3 Å². The summed E-state index contributed by atoms with van der Waals surface area (Å²) in [5, 5.41) is 3.66. The van der Waals surface area contributed by atoms with Gasteiger partial charge in [-0.05, 0) is 31.6 Å². The molecule has 1 heterocycles. The summed E-state index contributed by atoms with van der Waals surface area (Å²) < 4.78 is 11.2. The van der Waals surface area contributed by atoms with Gasteiger partial charge in [0.25, 0.3) is 0 Å². The molecule has 2 aliphatic rings. The molecule has 2 atom stereocenters. The fraction of sp³-hybridized carbons (Fsp3) is 0.875. The minimum Gasteiger partial charge on any atom is -0.381 e. The smallest absolute Gasteiger partial charge is 0.0846 e. The Morgan fingerprint density at radius 2 is 2.16 bits per heavy atom. The number of nitrogens with one attached hydrogen (secondary N) is 1. The van der Waals surface area contributed by atoms with Gasteiger partial charge in [-0.1, -0.05) is 18.6 Å². The molecule has 0 amide bonds. The highest BCUT2D eigenvalue weighted by Crippen LogP contribution is 2.30. The number of ether oxygens (including phenoxy) is 2. The van der Waals surface area contributed by atoms with Crippen LogP contribution in [0.5, 0.6) is 0 Å². The summed E-state index contributed by atoms with van der Waals surface area (Å²) in [6, 6.07) is 0. The molecule has 0 radical (unpaired) electrons. The van der Waals surface area contributed by atoms with Crippen molar-refractivity contribution >= 4 is 0 Å². The Hall–Kier alpha value is -0.380. The third kappa shape index (κ3) is 3.80. The molecule has 110 valence electrons. The zero-order valence-corrected chi connectivity index (χ0v) is 12.7. The molecule has 0 aromatic rings. The first-order valence-electron chi connectivity index (χ1n) is 7.67. The number of hydrogen-bond acceptors (Lipinski definition) is 3. The summed E-state index contributed by atoms with van der Waals surface area (Å²) in [5.41, 5.74) is 1.55. The van der Waals surface area contributed by atoms with Gasteiger partial charge in [0.15, 0.2) is 0 Å². The third-order valence-electron chi connectivity index (χ3n) is 5.01. The van der Waals surface area contributed by atoms with Crippen molar-refractivity contribution in [3.05, 3.63) is 11.6 Å². The summed E-state index contributed by atoms with van der Waals surface area (Å²) in [4.78, 5) is 0. The normalized spacial score (nSPS) is 31.0. The van der Waals surface area contributed by atoms with Crippen LogP contribution in [0.4, 0.5) is 0 Å². The number of rotatable bonds is 5. The SMILES string of the molecule is COC1(CNC[C@@H]2C(C)=CCC[C@@H]2C)CCOCC1. The van der Waals surface area contributed by atoms with E-state index in [1.165, 1.54) is 12.8 Å². The van der Waals surface area contributed by atoms with E-state index in [1.54, 1.807) is 5.57 Å². The van der Waals surface area contributed by atoms with Crippen LogP contribution in [-0.2, 0) is 9.47 Å². The summed E-state index contributed by atoms with van der Waals surface area (Å²) in [5.74, 6) is 1.49. The van der Waals surface area contributed by atoms with Crippen molar-refractivity contribution < 1.29 is 9.47 Å². The molecule has 3 nitrogen and oxygen atoms in total. The summed E-state index contributed by atoms with van der Waals surface area (Å²) >= 11 is 0. The Kier molecular flexibility index (Phi) is 5.43. The predicted molar refractivity (Wildman–Crippen MR) is 78.3 cm³/mol. The lowest BCUT2D eigenvalue weighted by Crippen LogP contribution is -2.48. The first-order chi connectivity index (χ1) is 9.17. The molecule has 1 saturated heterocycles. The monoisotopic (exact) mass is 267 g/mol. The van der Waals surface area contributed by atoms with Gasteiger partial charge in [-0.2, -0.15) is 0 Å². The lowest BCUT2D eigenvalue weighted by atomic mass is 9.80. The second kappa shape index (κ2) is 6.87. The van der Waals surface area contributed by atoms with Crippen LogP contribution in [0.1, 0.15) is 39.5 Å². The first kappa shape index (κ1) is 15.0. The Morgan fingerprint density at radius 3 is 2.79 bits per heavy atom. The molecule has 0 bridgehead atoms. The van der Waals surface area contributed by atoms with E-state index in [9.17, 15) is 0 Å². The molecule has 19 heavy (non-hydrogen) atoms. The molecule has 3 heteroatoms. The molecule has 1 aliphatic carbocycles. The Morgan fingerprint density at radius 1 is 1.42 bits per heavy atom. The zero-order valence-electron chi connectivity index (χ0n) is 12.7. The average molecular weight is 267 g/mol. The van der Waals surface area contributed by atoms with Gasteiger partial charge < -0.3 is 14.8 Å². The van der Waals surface area contributed by atoms with Crippen molar-refractivity contribution in [2.75, 3.05) is 33.4 Å². The Balaban J connectivity index is 1.81. The first-order valence-corrected chi connectivity index (χ1v) is 7.67. The molecule has 0 spiro atoms. The second-order valence-electron chi connectivity index (χ2n) is 6.24. The molecule has 2 rings (SSSR count). The third-order valence-corrected chi connectivity index (χ3v) is 5.01. The van der Waals surface area contributed by atoms with Gasteiger partial charge in [-0.15, -0.1) is 0 Å². The molecule has 0 aromatic heterocycles. The predicted octanol–water partition coefficient (Wildman–Crippen LogP) is 2.76. The highest BCUT2D eigenvalue weighted by molar-refractivity contribution is 5.09. The van der Waals surface area contributed by atoms with Crippen LogP contribution >= 0.6 is 0 Å². The van der Waals surface area contributed by atoms with Gasteiger partial charge in [0.2, 0.25) is 0 Å². The maximum atomic E-state index is 5.76. The van der Waals surface area contributed by atoms with Crippen molar-refractivity contribution in [1.29, 1.82) is 0 Å². The highest BCUT2D eigenvalue weighted by Gasteiger charge is 2.32. The largest absolute Gasteiger partial charge is 0.381 e. The minimum atomic E-state index is -0.00618. The van der Waals surface area contributed by atoms with Crippen molar-refractivity contribution in [3.63, 3.8) is 0 Å². The van der Waals surface area contributed by atoms with E-state index in [0.29, 0.717) is 5.92 Å². The van der Waals surface area contributed by atoms with Crippen LogP contribution in [0, 0.1) is 11.8 Å². The number of hydrogen-bond donors (Lipinski definition) is 1. The Bertz CT molecular complexity index is 308. The molecule has 0 saturated carbocycles. The van der Waals surface area contributed by atoms with Crippen LogP contribution < -0.4 is 5.32 Å². The van der Waals surface area contributed by atoms with E-state index >= 15 is 0 Å². The summed E-state index contributed by atoms with van der Waals surface area (Å²) in [6.45, 7) is 8.34. The van der Waals surface area contributed by atoms with Crippen molar-refractivity contribution in [2.45, 2.75) is 45.1 Å². The van der Waals surface area contributed by atoms with Gasteiger partial charge in [0.05, 0.1) is 5.60 Å². The highest BCUT2D eigenvalue weighted by atomic mass is 16.5. The lowest BCUT2D eigenvalue weighted by Gasteiger charge is -2.37. The number of methoxy groups -OCH3 is 1. The van der Waals surface area contributed by atoms with Crippen molar-refractivity contribution in [3.8, 4) is 0 Å². The maximum absolute atomic E-state index is 5.76. The van der Waals surface area contributed by atoms with Crippen LogP contribution in [0.25, 0.3) is 0 Å². The molecule has 1 aliphatic heterocycles. The van der Waals surface area contributed by atoms with Crippen molar-refractivity contribution in [2.24, 2.45) is 11.8 Å². The fourth-order valence-electron chi connectivity index (χ4n) is 3.39. The van der Waals surface area contributed by atoms with Crippen molar-refractivity contribution in [1.82, 2.24) is 5.32 Å². The molecule has 0 aromatic carbocycles. The maximum Gasteiger partial charge on any atom is 0.0846 e. The van der Waals surface area contributed by atoms with E-state index in [2.05, 4.69) is 25.2 Å². The Labute approximate surface area is 117 Å². The summed E-state index contributed by atoms with van der Waals surface area (Å²) in [6.07, 6.45) is 7.00. The van der Waals surface area contributed by atoms with Crippen LogP contribution in [-0.4, -0.2) is 39.0 Å². The minimum absolute atomic E-state index is 0.00618. The number of allylic oxidation sites excluding steroid dienone is 1. The zero-order chi connectivity index (χ0) is 13.7.